The molecule has 0 aromatic rings. The number of piperidine rings is 1. The number of carboxylic acids is 1. The number of rotatable bonds is 28. The lowest BCUT2D eigenvalue weighted by Gasteiger charge is -2.42. The number of amides is 1. The van der Waals surface area contributed by atoms with Crippen molar-refractivity contribution in [3.63, 3.8) is 0 Å². The van der Waals surface area contributed by atoms with Crippen molar-refractivity contribution in [3.05, 3.63) is 48.6 Å². The van der Waals surface area contributed by atoms with Crippen LogP contribution < -0.4 is 0 Å². The summed E-state index contributed by atoms with van der Waals surface area (Å²) < 4.78 is 11.3. The van der Waals surface area contributed by atoms with Crippen LogP contribution in [0.4, 0.5) is 0 Å². The lowest BCUT2D eigenvalue weighted by molar-refractivity contribution is -0.161. The summed E-state index contributed by atoms with van der Waals surface area (Å²) in [4.78, 5) is 66.0. The first-order valence-electron chi connectivity index (χ1n) is 25.0. The zero-order chi connectivity index (χ0) is 49.4. The van der Waals surface area contributed by atoms with E-state index < -0.39 is 35.4 Å². The summed E-state index contributed by atoms with van der Waals surface area (Å²) in [5, 5.41) is 20.3. The number of Topliss-reactive ketones (excluding diaryl/α,β-unsaturated/α-hetero) is 3. The molecule has 1 aliphatic carbocycles. The van der Waals surface area contributed by atoms with Gasteiger partial charge in [-0.05, 0) is 114 Å². The number of ether oxygens (including phenoxy) is 2. The molecule has 10 heteroatoms. The zero-order valence-corrected chi connectivity index (χ0v) is 43.1. The standard InChI is InChI=1S/C42H67NO9.C13H26/c1-10-11-12-14-27(2)21-30(5)38(45)37(52-9)23-28(3)22-29(4)36(44)18-17-32(24-31-15-13-16-34(25-31)51-8)33-19-20-43(35(26-33)41(48)49)40(47)39(46)42(6,7)50;1-6-12(4)13(5)10-8-7-9-11(2)3/h10-12,14,22,27,29-35,37,50H,13,15-21,23-26H2,1-9H3,(H,48,49);6,11-13H,1,7-10H2,2-5H3/b11-10+,14-12+,28-22+;/t27-,29-,30?,31?,32?,33+,34?,35?,37?;/m1./s1. The Morgan fingerprint density at radius 2 is 1.57 bits per heavy atom. The highest BCUT2D eigenvalue weighted by atomic mass is 16.5. The van der Waals surface area contributed by atoms with Gasteiger partial charge in [0.1, 0.15) is 23.5 Å². The molecule has 11 atom stereocenters. The van der Waals surface area contributed by atoms with Crippen LogP contribution in [0.3, 0.4) is 0 Å². The Bertz CT molecular complexity index is 1560. The first-order chi connectivity index (χ1) is 30.5. The first kappa shape index (κ1) is 59.8. The van der Waals surface area contributed by atoms with E-state index >= 15 is 0 Å². The number of aliphatic hydroxyl groups is 1. The van der Waals surface area contributed by atoms with Gasteiger partial charge in [0.2, 0.25) is 0 Å². The summed E-state index contributed by atoms with van der Waals surface area (Å²) in [5.41, 5.74) is -0.983. The third-order valence-corrected chi connectivity index (χ3v) is 14.1. The third kappa shape index (κ3) is 22.4. The fourth-order valence-electron chi connectivity index (χ4n) is 9.62. The van der Waals surface area contributed by atoms with Crippen LogP contribution in [0.1, 0.15) is 172 Å². The van der Waals surface area contributed by atoms with Gasteiger partial charge in [0.05, 0.1) is 6.10 Å². The SMILES string of the molecule is C/C=C/C=C/[C@@H](C)CC(C)C(=O)C(C/C(C)=C/[C@@H](C)C(=O)CCC(CC1CCCC(OC)C1)[C@H]1CCN(C(=O)C(=O)C(C)(C)O)C(C(=O)O)C1)OC.C=CC(C)C(C)CCCCC(C)C. The number of likely N-dealkylation sites (tertiary alicyclic amines) is 1. The molecule has 1 aliphatic heterocycles. The van der Waals surface area contributed by atoms with E-state index in [9.17, 15) is 34.2 Å². The van der Waals surface area contributed by atoms with Crippen LogP contribution in [0.15, 0.2) is 48.6 Å². The predicted molar refractivity (Wildman–Crippen MR) is 264 cm³/mol. The fraction of sp³-hybridized carbons (Fsp3) is 0.764. The number of carboxylic acid groups (broad SMARTS) is 1. The van der Waals surface area contributed by atoms with Crippen LogP contribution in [0.5, 0.6) is 0 Å². The van der Waals surface area contributed by atoms with Crippen molar-refractivity contribution in [1.82, 2.24) is 4.90 Å². The summed E-state index contributed by atoms with van der Waals surface area (Å²) in [6.07, 6.45) is 24.8. The second kappa shape index (κ2) is 31.0. The molecule has 0 aromatic carbocycles. The van der Waals surface area contributed by atoms with Gasteiger partial charge < -0.3 is 24.6 Å². The number of methoxy groups -OCH3 is 2. The summed E-state index contributed by atoms with van der Waals surface area (Å²) in [6.45, 7) is 25.4. The van der Waals surface area contributed by atoms with Crippen molar-refractivity contribution in [2.24, 2.45) is 53.3 Å². The zero-order valence-electron chi connectivity index (χ0n) is 43.1. The minimum Gasteiger partial charge on any atom is -0.480 e. The van der Waals surface area contributed by atoms with E-state index in [-0.39, 0.29) is 60.2 Å². The van der Waals surface area contributed by atoms with Gasteiger partial charge in [-0.25, -0.2) is 4.79 Å². The second-order valence-electron chi connectivity index (χ2n) is 20.8. The summed E-state index contributed by atoms with van der Waals surface area (Å²) >= 11 is 0. The smallest absolute Gasteiger partial charge is 0.326 e. The molecule has 8 unspecified atom stereocenters. The number of ketones is 3. The number of hydrogen-bond donors (Lipinski definition) is 2. The molecule has 1 saturated carbocycles. The lowest BCUT2D eigenvalue weighted by atomic mass is 9.71. The summed E-state index contributed by atoms with van der Waals surface area (Å²) in [5.74, 6) is -0.594. The Labute approximate surface area is 395 Å². The highest BCUT2D eigenvalue weighted by Crippen LogP contribution is 2.40. The van der Waals surface area contributed by atoms with Gasteiger partial charge in [0, 0.05) is 45.4 Å². The van der Waals surface area contributed by atoms with E-state index in [4.69, 9.17) is 9.47 Å². The van der Waals surface area contributed by atoms with Gasteiger partial charge in [0.15, 0.2) is 5.78 Å². The van der Waals surface area contributed by atoms with Crippen molar-refractivity contribution < 1.29 is 43.7 Å². The molecule has 0 radical (unpaired) electrons. The van der Waals surface area contributed by atoms with E-state index in [1.54, 1.807) is 14.2 Å². The van der Waals surface area contributed by atoms with Crippen molar-refractivity contribution in [1.29, 1.82) is 0 Å². The lowest BCUT2D eigenvalue weighted by Crippen LogP contribution is -2.56. The van der Waals surface area contributed by atoms with Gasteiger partial charge >= 0.3 is 5.97 Å². The van der Waals surface area contributed by atoms with Gasteiger partial charge in [-0.1, -0.05) is 129 Å². The molecule has 0 aromatic heterocycles. The number of allylic oxidation sites excluding steroid dienone is 6. The Morgan fingerprint density at radius 1 is 0.908 bits per heavy atom. The Kier molecular flexibility index (Phi) is 28.5. The highest BCUT2D eigenvalue weighted by Gasteiger charge is 2.44. The number of nitrogens with zero attached hydrogens (tertiary/aromatic N) is 1. The molecular weight excluding hydrogens is 819 g/mol. The number of carbonyl (C=O) groups excluding carboxylic acids is 4. The topological polar surface area (TPSA) is 148 Å². The van der Waals surface area contributed by atoms with Crippen molar-refractivity contribution in [2.45, 2.75) is 196 Å². The monoisotopic (exact) mass is 912 g/mol. The summed E-state index contributed by atoms with van der Waals surface area (Å²) in [7, 11) is 3.28. The summed E-state index contributed by atoms with van der Waals surface area (Å²) in [6, 6.07) is -1.18. The molecule has 372 valence electrons. The largest absolute Gasteiger partial charge is 0.480 e. The van der Waals surface area contributed by atoms with Crippen LogP contribution in [-0.4, -0.2) is 89.0 Å². The first-order valence-corrected chi connectivity index (χ1v) is 25.0. The van der Waals surface area contributed by atoms with Crippen LogP contribution >= 0.6 is 0 Å². The van der Waals surface area contributed by atoms with E-state index in [1.807, 2.05) is 52.0 Å². The van der Waals surface area contributed by atoms with Crippen LogP contribution in [-0.2, 0) is 33.4 Å². The third-order valence-electron chi connectivity index (χ3n) is 14.1. The molecule has 2 fully saturated rings. The van der Waals surface area contributed by atoms with Gasteiger partial charge in [-0.2, -0.15) is 0 Å². The molecule has 65 heavy (non-hydrogen) atoms. The molecule has 0 spiro atoms. The minimum absolute atomic E-state index is 0.0533. The number of carbonyl (C=O) groups is 5. The second-order valence-corrected chi connectivity index (χ2v) is 20.8. The molecule has 2 aliphatic rings. The molecule has 2 rings (SSSR count). The molecule has 2 N–H and O–H groups in total. The molecular formula is C55H93NO9. The molecule has 0 bridgehead atoms. The van der Waals surface area contributed by atoms with Crippen molar-refractivity contribution in [3.8, 4) is 0 Å². The van der Waals surface area contributed by atoms with Crippen LogP contribution in [0.25, 0.3) is 0 Å². The number of aliphatic carboxylic acids is 1. The normalized spacial score (nSPS) is 22.9. The maximum atomic E-state index is 13.6. The quantitative estimate of drug-likeness (QED) is 0.0339. The highest BCUT2D eigenvalue weighted by molar-refractivity contribution is 6.39. The average molecular weight is 912 g/mol. The van der Waals surface area contributed by atoms with Crippen LogP contribution in [0, 0.1) is 53.3 Å². The fourth-order valence-corrected chi connectivity index (χ4v) is 9.62. The maximum Gasteiger partial charge on any atom is 0.326 e. The van der Waals surface area contributed by atoms with Gasteiger partial charge in [0.25, 0.3) is 11.7 Å². The Hall–Kier alpha value is -3.21. The van der Waals surface area contributed by atoms with Gasteiger partial charge in [-0.15, -0.1) is 6.58 Å². The number of unbranched alkanes of at least 4 members (excludes halogenated alkanes) is 1. The van der Waals surface area contributed by atoms with E-state index in [0.29, 0.717) is 37.5 Å². The van der Waals surface area contributed by atoms with E-state index in [1.165, 1.54) is 39.5 Å². The van der Waals surface area contributed by atoms with Crippen LogP contribution in [0.2, 0.25) is 0 Å². The molecule has 1 amide bonds. The Morgan fingerprint density at radius 3 is 2.14 bits per heavy atom. The molecule has 10 nitrogen and oxygen atoms in total. The molecule has 1 heterocycles. The average Bonchev–Trinajstić information content (AvgIpc) is 3.26. The van der Waals surface area contributed by atoms with E-state index in [2.05, 4.69) is 53.3 Å². The predicted octanol–water partition coefficient (Wildman–Crippen LogP) is 11.6. The minimum atomic E-state index is -1.90. The van der Waals surface area contributed by atoms with Crippen molar-refractivity contribution in [2.75, 3.05) is 20.8 Å². The van der Waals surface area contributed by atoms with Gasteiger partial charge in [-0.3, -0.25) is 19.2 Å². The maximum absolute atomic E-state index is 13.6. The Balaban J connectivity index is 0.00000140. The number of hydrogen-bond acceptors (Lipinski definition) is 8. The molecule has 1 saturated heterocycles. The van der Waals surface area contributed by atoms with Crippen molar-refractivity contribution >= 4 is 29.2 Å². The van der Waals surface area contributed by atoms with E-state index in [0.717, 1.165) is 60.8 Å².